The Bertz CT molecular complexity index is 1490. The summed E-state index contributed by atoms with van der Waals surface area (Å²) in [6.07, 6.45) is 5.81. The first-order chi connectivity index (χ1) is 15.1. The standard InChI is InChI=1S/C25H21N5O/c1-17(2)30-24(31)15-14-22(28-30)25-21(27-29-16-6-5-9-23(25)29)13-12-19-11-10-18-7-3-4-8-20(18)26-19/h3-17H,1-2H3. The molecule has 0 bridgehead atoms. The van der Waals surface area contributed by atoms with Gasteiger partial charge in [0.1, 0.15) is 0 Å². The monoisotopic (exact) mass is 407 g/mol. The lowest BCUT2D eigenvalue weighted by Crippen LogP contribution is -2.23. The van der Waals surface area contributed by atoms with Crippen molar-refractivity contribution in [1.82, 2.24) is 24.4 Å². The number of nitrogens with zero attached hydrogens (tertiary/aromatic N) is 5. The molecule has 0 aliphatic carbocycles. The van der Waals surface area contributed by atoms with Gasteiger partial charge < -0.3 is 0 Å². The summed E-state index contributed by atoms with van der Waals surface area (Å²) >= 11 is 0. The largest absolute Gasteiger partial charge is 0.268 e. The Morgan fingerprint density at radius 2 is 1.71 bits per heavy atom. The summed E-state index contributed by atoms with van der Waals surface area (Å²) in [5.74, 6) is 0. The average Bonchev–Trinajstić information content (AvgIpc) is 3.16. The first-order valence-electron chi connectivity index (χ1n) is 10.2. The minimum absolute atomic E-state index is 0.0323. The molecule has 0 fully saturated rings. The molecule has 6 nitrogen and oxygen atoms in total. The van der Waals surface area contributed by atoms with Crippen LogP contribution < -0.4 is 5.56 Å². The van der Waals surface area contributed by atoms with Gasteiger partial charge in [0.05, 0.1) is 39.7 Å². The molecule has 0 atom stereocenters. The van der Waals surface area contributed by atoms with Gasteiger partial charge in [-0.1, -0.05) is 30.3 Å². The van der Waals surface area contributed by atoms with Crippen LogP contribution in [0.5, 0.6) is 0 Å². The van der Waals surface area contributed by atoms with E-state index in [1.54, 1.807) is 12.1 Å². The number of pyridine rings is 2. The highest BCUT2D eigenvalue weighted by Gasteiger charge is 2.16. The van der Waals surface area contributed by atoms with E-state index in [2.05, 4.69) is 11.2 Å². The second-order valence-electron chi connectivity index (χ2n) is 7.65. The van der Waals surface area contributed by atoms with Crippen LogP contribution >= 0.6 is 0 Å². The van der Waals surface area contributed by atoms with Crippen molar-refractivity contribution in [3.05, 3.63) is 94.7 Å². The predicted octanol–water partition coefficient (Wildman–Crippen LogP) is 4.86. The third kappa shape index (κ3) is 3.53. The molecule has 31 heavy (non-hydrogen) atoms. The zero-order valence-electron chi connectivity index (χ0n) is 17.3. The molecule has 0 saturated heterocycles. The maximum atomic E-state index is 12.2. The molecule has 1 aromatic carbocycles. The molecule has 4 heterocycles. The van der Waals surface area contributed by atoms with Crippen LogP contribution in [0.3, 0.4) is 0 Å². The Morgan fingerprint density at radius 1 is 0.871 bits per heavy atom. The molecule has 152 valence electrons. The highest BCUT2D eigenvalue weighted by atomic mass is 16.1. The minimum Gasteiger partial charge on any atom is -0.268 e. The zero-order valence-corrected chi connectivity index (χ0v) is 17.3. The molecular weight excluding hydrogens is 386 g/mol. The second-order valence-corrected chi connectivity index (χ2v) is 7.65. The van der Waals surface area contributed by atoms with Crippen LogP contribution in [0.25, 0.3) is 39.8 Å². The Hall–Kier alpha value is -4.06. The van der Waals surface area contributed by atoms with Gasteiger partial charge in [0, 0.05) is 17.6 Å². The SMILES string of the molecule is CC(C)n1nc(-c2c(C=Cc3ccc4ccccc4n3)nn3ccccc23)ccc1=O. The number of aromatic nitrogens is 5. The quantitative estimate of drug-likeness (QED) is 0.427. The van der Waals surface area contributed by atoms with Crippen LogP contribution in [-0.4, -0.2) is 24.4 Å². The van der Waals surface area contributed by atoms with E-state index in [1.165, 1.54) is 4.68 Å². The molecule has 0 radical (unpaired) electrons. The number of hydrogen-bond acceptors (Lipinski definition) is 4. The maximum absolute atomic E-state index is 12.2. The van der Waals surface area contributed by atoms with Gasteiger partial charge in [-0.3, -0.25) is 4.79 Å². The molecular formula is C25H21N5O. The fourth-order valence-electron chi connectivity index (χ4n) is 3.66. The van der Waals surface area contributed by atoms with Crippen LogP contribution in [0.4, 0.5) is 0 Å². The molecule has 0 spiro atoms. The Balaban J connectivity index is 1.64. The average molecular weight is 407 g/mol. The van der Waals surface area contributed by atoms with E-state index < -0.39 is 0 Å². The molecule has 0 amide bonds. The predicted molar refractivity (Wildman–Crippen MR) is 124 cm³/mol. The molecule has 6 heteroatoms. The first kappa shape index (κ1) is 18.9. The molecule has 0 unspecified atom stereocenters. The first-order valence-corrected chi connectivity index (χ1v) is 10.2. The van der Waals surface area contributed by atoms with Crippen LogP contribution in [0.2, 0.25) is 0 Å². The maximum Gasteiger partial charge on any atom is 0.267 e. The molecule has 0 N–H and O–H groups in total. The summed E-state index contributed by atoms with van der Waals surface area (Å²) in [4.78, 5) is 16.9. The lowest BCUT2D eigenvalue weighted by atomic mass is 10.1. The minimum atomic E-state index is -0.118. The smallest absolute Gasteiger partial charge is 0.267 e. The van der Waals surface area contributed by atoms with Crippen molar-refractivity contribution in [3.63, 3.8) is 0 Å². The van der Waals surface area contributed by atoms with Crippen molar-refractivity contribution in [1.29, 1.82) is 0 Å². The van der Waals surface area contributed by atoms with Crippen molar-refractivity contribution in [2.45, 2.75) is 19.9 Å². The van der Waals surface area contributed by atoms with Gasteiger partial charge in [0.25, 0.3) is 5.56 Å². The van der Waals surface area contributed by atoms with E-state index in [4.69, 9.17) is 10.1 Å². The van der Waals surface area contributed by atoms with E-state index in [0.717, 1.165) is 33.4 Å². The van der Waals surface area contributed by atoms with Gasteiger partial charge in [-0.15, -0.1) is 0 Å². The lowest BCUT2D eigenvalue weighted by Gasteiger charge is -2.10. The van der Waals surface area contributed by atoms with Crippen molar-refractivity contribution in [3.8, 4) is 11.3 Å². The Kier molecular flexibility index (Phi) is 4.67. The Morgan fingerprint density at radius 3 is 2.58 bits per heavy atom. The topological polar surface area (TPSA) is 65.1 Å². The summed E-state index contributed by atoms with van der Waals surface area (Å²) in [6, 6.07) is 21.3. The van der Waals surface area contributed by atoms with E-state index in [-0.39, 0.29) is 11.6 Å². The fourth-order valence-corrected chi connectivity index (χ4v) is 3.66. The zero-order chi connectivity index (χ0) is 21.4. The van der Waals surface area contributed by atoms with Gasteiger partial charge >= 0.3 is 0 Å². The van der Waals surface area contributed by atoms with E-state index in [0.29, 0.717) is 5.69 Å². The molecule has 5 aromatic rings. The Labute approximate surface area is 179 Å². The van der Waals surface area contributed by atoms with Gasteiger partial charge in [0.2, 0.25) is 0 Å². The second kappa shape index (κ2) is 7.65. The molecule has 0 saturated carbocycles. The van der Waals surface area contributed by atoms with Crippen LogP contribution in [0.1, 0.15) is 31.3 Å². The third-order valence-electron chi connectivity index (χ3n) is 5.17. The van der Waals surface area contributed by atoms with E-state index >= 15 is 0 Å². The van der Waals surface area contributed by atoms with Crippen LogP contribution in [-0.2, 0) is 0 Å². The van der Waals surface area contributed by atoms with Crippen molar-refractivity contribution >= 4 is 28.6 Å². The number of rotatable bonds is 4. The van der Waals surface area contributed by atoms with Gasteiger partial charge in [0.15, 0.2) is 0 Å². The number of hydrogen-bond donors (Lipinski definition) is 0. The van der Waals surface area contributed by atoms with Crippen LogP contribution in [0.15, 0.2) is 77.7 Å². The molecule has 0 aliphatic heterocycles. The molecule has 0 aliphatic rings. The summed E-state index contributed by atoms with van der Waals surface area (Å²) in [7, 11) is 0. The summed E-state index contributed by atoms with van der Waals surface area (Å²) < 4.78 is 3.33. The summed E-state index contributed by atoms with van der Waals surface area (Å²) in [5.41, 5.74) is 4.96. The fraction of sp³-hybridized carbons (Fsp3) is 0.120. The van der Waals surface area contributed by atoms with Crippen LogP contribution in [0, 0.1) is 0 Å². The van der Waals surface area contributed by atoms with Gasteiger partial charge in [-0.25, -0.2) is 14.2 Å². The summed E-state index contributed by atoms with van der Waals surface area (Å²) in [5, 5.41) is 10.5. The normalized spacial score (nSPS) is 11.8. The third-order valence-corrected chi connectivity index (χ3v) is 5.17. The number of fused-ring (bicyclic) bond motifs is 2. The lowest BCUT2D eigenvalue weighted by molar-refractivity contribution is 0.505. The van der Waals surface area contributed by atoms with Gasteiger partial charge in [-0.2, -0.15) is 10.2 Å². The van der Waals surface area contributed by atoms with Gasteiger partial charge in [-0.05, 0) is 56.3 Å². The van der Waals surface area contributed by atoms with Crippen molar-refractivity contribution in [2.24, 2.45) is 0 Å². The number of benzene rings is 1. The molecule has 5 rings (SSSR count). The summed E-state index contributed by atoms with van der Waals surface area (Å²) in [6.45, 7) is 3.89. The van der Waals surface area contributed by atoms with Crippen molar-refractivity contribution in [2.75, 3.05) is 0 Å². The highest BCUT2D eigenvalue weighted by molar-refractivity contribution is 5.88. The van der Waals surface area contributed by atoms with Crippen molar-refractivity contribution < 1.29 is 0 Å². The van der Waals surface area contributed by atoms with E-state index in [9.17, 15) is 4.79 Å². The molecule has 4 aromatic heterocycles. The number of para-hydroxylation sites is 1. The highest BCUT2D eigenvalue weighted by Crippen LogP contribution is 2.28. The van der Waals surface area contributed by atoms with E-state index in [1.807, 2.05) is 85.2 Å².